The van der Waals surface area contributed by atoms with Gasteiger partial charge in [-0.15, -0.1) is 0 Å². The highest BCUT2D eigenvalue weighted by molar-refractivity contribution is 5.74. The van der Waals surface area contributed by atoms with Crippen molar-refractivity contribution in [2.75, 3.05) is 6.61 Å². The molecule has 0 spiro atoms. The van der Waals surface area contributed by atoms with Gasteiger partial charge in [-0.3, -0.25) is 0 Å². The summed E-state index contributed by atoms with van der Waals surface area (Å²) < 4.78 is 0. The smallest absolute Gasteiger partial charge is 0.315 e. The first-order chi connectivity index (χ1) is 9.54. The Hall–Kier alpha value is -0.770. The van der Waals surface area contributed by atoms with Crippen molar-refractivity contribution in [1.29, 1.82) is 0 Å². The summed E-state index contributed by atoms with van der Waals surface area (Å²) in [5, 5.41) is 14.8. The highest BCUT2D eigenvalue weighted by Gasteiger charge is 2.25. The monoisotopic (exact) mass is 284 g/mol. The second-order valence-electron chi connectivity index (χ2n) is 6.43. The topological polar surface area (TPSA) is 61.4 Å². The molecule has 0 aromatic heterocycles. The molecule has 4 nitrogen and oxygen atoms in total. The van der Waals surface area contributed by atoms with Crippen molar-refractivity contribution in [2.24, 2.45) is 11.8 Å². The molecule has 0 heterocycles. The molecule has 3 atom stereocenters. The van der Waals surface area contributed by atoms with Crippen molar-refractivity contribution in [1.82, 2.24) is 10.6 Å². The van der Waals surface area contributed by atoms with E-state index in [2.05, 4.69) is 24.5 Å². The maximum absolute atomic E-state index is 11.9. The van der Waals surface area contributed by atoms with E-state index in [9.17, 15) is 4.79 Å². The first kappa shape index (κ1) is 17.3. The summed E-state index contributed by atoms with van der Waals surface area (Å²) in [5.41, 5.74) is 0. The van der Waals surface area contributed by atoms with Crippen LogP contribution in [-0.4, -0.2) is 29.8 Å². The zero-order valence-corrected chi connectivity index (χ0v) is 13.3. The van der Waals surface area contributed by atoms with Gasteiger partial charge in [0, 0.05) is 18.7 Å². The third kappa shape index (κ3) is 6.12. The van der Waals surface area contributed by atoms with Crippen LogP contribution in [0.3, 0.4) is 0 Å². The van der Waals surface area contributed by atoms with E-state index in [0.717, 1.165) is 18.8 Å². The van der Waals surface area contributed by atoms with Gasteiger partial charge in [-0.2, -0.15) is 0 Å². The van der Waals surface area contributed by atoms with Gasteiger partial charge < -0.3 is 15.7 Å². The second-order valence-corrected chi connectivity index (χ2v) is 6.43. The van der Waals surface area contributed by atoms with Crippen molar-refractivity contribution >= 4 is 6.03 Å². The number of carbonyl (C=O) groups excluding carboxylic acids is 1. The molecule has 20 heavy (non-hydrogen) atoms. The average molecular weight is 284 g/mol. The number of rotatable bonds is 7. The number of aliphatic hydroxyl groups excluding tert-OH is 1. The number of hydrogen-bond donors (Lipinski definition) is 3. The molecule has 0 bridgehead atoms. The predicted octanol–water partition coefficient (Wildman–Crippen LogP) is 3.05. The van der Waals surface area contributed by atoms with E-state index in [-0.39, 0.29) is 24.7 Å². The minimum atomic E-state index is -0.0781. The molecule has 1 saturated carbocycles. The van der Waals surface area contributed by atoms with E-state index in [1.165, 1.54) is 32.1 Å². The fourth-order valence-electron chi connectivity index (χ4n) is 3.14. The quantitative estimate of drug-likeness (QED) is 0.673. The fraction of sp³-hybridized carbons (Fsp3) is 0.938. The van der Waals surface area contributed by atoms with Crippen molar-refractivity contribution in [3.63, 3.8) is 0 Å². The first-order valence-corrected chi connectivity index (χ1v) is 8.22. The Balaban J connectivity index is 2.28. The summed E-state index contributed by atoms with van der Waals surface area (Å²) in [6, 6.07) is 0.244. The molecule has 1 rings (SSSR count). The molecule has 1 aliphatic carbocycles. The van der Waals surface area contributed by atoms with Gasteiger partial charge >= 0.3 is 6.03 Å². The minimum absolute atomic E-state index is 0.0781. The normalized spacial score (nSPS) is 21.0. The number of amides is 2. The molecular formula is C16H32N2O2. The Morgan fingerprint density at radius 1 is 1.15 bits per heavy atom. The molecule has 0 saturated heterocycles. The standard InChI is InChI=1S/C16H32N2O2/c1-12(8-7-11-19)17-16(20)18-14(3)13(2)15-9-5-4-6-10-15/h12-15,19H,4-11H2,1-3H3,(H2,17,18,20). The Morgan fingerprint density at radius 2 is 1.80 bits per heavy atom. The molecule has 3 unspecified atom stereocenters. The second kappa shape index (κ2) is 9.22. The first-order valence-electron chi connectivity index (χ1n) is 8.22. The van der Waals surface area contributed by atoms with Gasteiger partial charge in [0.2, 0.25) is 0 Å². The molecule has 4 heteroatoms. The van der Waals surface area contributed by atoms with E-state index in [4.69, 9.17) is 5.11 Å². The van der Waals surface area contributed by atoms with Gasteiger partial charge in [0.1, 0.15) is 0 Å². The lowest BCUT2D eigenvalue weighted by molar-refractivity contribution is 0.203. The van der Waals surface area contributed by atoms with Gasteiger partial charge in [-0.1, -0.05) is 39.0 Å². The van der Waals surface area contributed by atoms with E-state index in [1.54, 1.807) is 0 Å². The van der Waals surface area contributed by atoms with Crippen molar-refractivity contribution in [3.05, 3.63) is 0 Å². The largest absolute Gasteiger partial charge is 0.396 e. The fourth-order valence-corrected chi connectivity index (χ4v) is 3.14. The van der Waals surface area contributed by atoms with Crippen LogP contribution in [0.4, 0.5) is 4.79 Å². The van der Waals surface area contributed by atoms with Crippen LogP contribution in [0, 0.1) is 11.8 Å². The molecular weight excluding hydrogens is 252 g/mol. The molecule has 1 fully saturated rings. The van der Waals surface area contributed by atoms with Crippen LogP contribution in [0.25, 0.3) is 0 Å². The molecule has 118 valence electrons. The SMILES string of the molecule is CC(CCCO)NC(=O)NC(C)C(C)C1CCCCC1. The van der Waals surface area contributed by atoms with Crippen LogP contribution in [0.2, 0.25) is 0 Å². The van der Waals surface area contributed by atoms with Crippen molar-refractivity contribution < 1.29 is 9.90 Å². The van der Waals surface area contributed by atoms with Crippen LogP contribution in [0.5, 0.6) is 0 Å². The Labute approximate surface area is 123 Å². The van der Waals surface area contributed by atoms with Crippen molar-refractivity contribution in [3.8, 4) is 0 Å². The van der Waals surface area contributed by atoms with Gasteiger partial charge in [-0.05, 0) is 38.5 Å². The highest BCUT2D eigenvalue weighted by atomic mass is 16.3. The minimum Gasteiger partial charge on any atom is -0.396 e. The zero-order valence-electron chi connectivity index (χ0n) is 13.3. The van der Waals surface area contributed by atoms with Gasteiger partial charge in [0.25, 0.3) is 0 Å². The maximum atomic E-state index is 11.9. The van der Waals surface area contributed by atoms with Gasteiger partial charge in [-0.25, -0.2) is 4.79 Å². The predicted molar refractivity (Wildman–Crippen MR) is 82.7 cm³/mol. The van der Waals surface area contributed by atoms with Crippen LogP contribution in [0.15, 0.2) is 0 Å². The van der Waals surface area contributed by atoms with Crippen LogP contribution in [0.1, 0.15) is 65.7 Å². The zero-order chi connectivity index (χ0) is 15.0. The molecule has 0 aromatic rings. The third-order valence-corrected chi connectivity index (χ3v) is 4.71. The molecule has 1 aliphatic rings. The van der Waals surface area contributed by atoms with E-state index in [1.807, 2.05) is 6.92 Å². The summed E-state index contributed by atoms with van der Waals surface area (Å²) in [4.78, 5) is 11.9. The molecule has 0 aromatic carbocycles. The van der Waals surface area contributed by atoms with Crippen molar-refractivity contribution in [2.45, 2.75) is 77.8 Å². The maximum Gasteiger partial charge on any atom is 0.315 e. The molecule has 0 aliphatic heterocycles. The van der Waals surface area contributed by atoms with Crippen LogP contribution >= 0.6 is 0 Å². The number of urea groups is 1. The molecule has 0 radical (unpaired) electrons. The van der Waals surface area contributed by atoms with E-state index in [0.29, 0.717) is 5.92 Å². The van der Waals surface area contributed by atoms with E-state index < -0.39 is 0 Å². The number of hydrogen-bond acceptors (Lipinski definition) is 2. The lowest BCUT2D eigenvalue weighted by atomic mass is 9.78. The average Bonchev–Trinajstić information content (AvgIpc) is 2.45. The summed E-state index contributed by atoms with van der Waals surface area (Å²) in [7, 11) is 0. The van der Waals surface area contributed by atoms with Gasteiger partial charge in [0.05, 0.1) is 0 Å². The Kier molecular flexibility index (Phi) is 7.97. The summed E-state index contributed by atoms with van der Waals surface area (Å²) in [5.74, 6) is 1.29. The summed E-state index contributed by atoms with van der Waals surface area (Å²) >= 11 is 0. The number of nitrogens with one attached hydrogen (secondary N) is 2. The Morgan fingerprint density at radius 3 is 2.40 bits per heavy atom. The highest BCUT2D eigenvalue weighted by Crippen LogP contribution is 2.31. The van der Waals surface area contributed by atoms with Crippen LogP contribution < -0.4 is 10.6 Å². The molecule has 3 N–H and O–H groups in total. The molecule has 2 amide bonds. The number of aliphatic hydroxyl groups is 1. The van der Waals surface area contributed by atoms with Gasteiger partial charge in [0.15, 0.2) is 0 Å². The van der Waals surface area contributed by atoms with Crippen LogP contribution in [-0.2, 0) is 0 Å². The lowest BCUT2D eigenvalue weighted by Gasteiger charge is -2.32. The number of carbonyl (C=O) groups is 1. The summed E-state index contributed by atoms with van der Waals surface area (Å²) in [6.45, 7) is 6.53. The summed E-state index contributed by atoms with van der Waals surface area (Å²) in [6.07, 6.45) is 8.21. The Bertz CT molecular complexity index is 278. The third-order valence-electron chi connectivity index (χ3n) is 4.71. The van der Waals surface area contributed by atoms with E-state index >= 15 is 0 Å². The lowest BCUT2D eigenvalue weighted by Crippen LogP contribution is -2.47.